The van der Waals surface area contributed by atoms with Crippen LogP contribution in [-0.2, 0) is 0 Å². The molecule has 0 aromatic heterocycles. The minimum absolute atomic E-state index is 0.415. The molecule has 0 amide bonds. The van der Waals surface area contributed by atoms with Crippen LogP contribution in [0, 0.1) is 0 Å². The lowest BCUT2D eigenvalue weighted by Gasteiger charge is -2.26. The van der Waals surface area contributed by atoms with E-state index in [4.69, 9.17) is 5.73 Å². The van der Waals surface area contributed by atoms with Gasteiger partial charge in [0, 0.05) is 34.5 Å². The second-order valence-corrected chi connectivity index (χ2v) is 6.11. The van der Waals surface area contributed by atoms with E-state index >= 15 is 0 Å². The average Bonchev–Trinajstić information content (AvgIpc) is 2.59. The molecule has 0 saturated heterocycles. The fraction of sp³-hybridized carbons (Fsp3) is 0.143. The third-order valence-corrected chi connectivity index (χ3v) is 3.75. The Labute approximate surface area is 143 Å². The topological polar surface area (TPSA) is 41.3 Å². The van der Waals surface area contributed by atoms with E-state index in [9.17, 15) is 0 Å². The lowest BCUT2D eigenvalue weighted by atomic mass is 10.1. The van der Waals surface area contributed by atoms with E-state index in [0.717, 1.165) is 28.4 Å². The SMILES string of the molecule is CC(C)Nc1ccc(N(c2ccccc2)c2ccc(N)cc2)cc1. The Morgan fingerprint density at radius 1 is 0.708 bits per heavy atom. The molecule has 3 heteroatoms. The second kappa shape index (κ2) is 7.09. The first kappa shape index (κ1) is 15.9. The molecule has 0 radical (unpaired) electrons. The van der Waals surface area contributed by atoms with Crippen LogP contribution in [0.3, 0.4) is 0 Å². The number of rotatable bonds is 5. The summed E-state index contributed by atoms with van der Waals surface area (Å²) in [6, 6.07) is 27.2. The number of nitrogens with one attached hydrogen (secondary N) is 1. The van der Waals surface area contributed by atoms with Crippen molar-refractivity contribution in [2.45, 2.75) is 19.9 Å². The van der Waals surface area contributed by atoms with Gasteiger partial charge in [-0.1, -0.05) is 18.2 Å². The van der Waals surface area contributed by atoms with E-state index in [-0.39, 0.29) is 0 Å². The van der Waals surface area contributed by atoms with Gasteiger partial charge in [-0.15, -0.1) is 0 Å². The lowest BCUT2D eigenvalue weighted by Crippen LogP contribution is -2.11. The number of hydrogen-bond acceptors (Lipinski definition) is 3. The predicted octanol–water partition coefficient (Wildman–Crippen LogP) is 5.56. The standard InChI is InChI=1S/C21H23N3/c1-16(2)23-18-10-14-21(15-11-18)24(19-6-4-3-5-7-19)20-12-8-17(22)9-13-20/h3-16,23H,22H2,1-2H3. The van der Waals surface area contributed by atoms with Crippen LogP contribution in [0.5, 0.6) is 0 Å². The minimum Gasteiger partial charge on any atom is -0.399 e. The summed E-state index contributed by atoms with van der Waals surface area (Å²) in [4.78, 5) is 2.22. The molecule has 0 saturated carbocycles. The fourth-order valence-electron chi connectivity index (χ4n) is 2.69. The zero-order chi connectivity index (χ0) is 16.9. The highest BCUT2D eigenvalue weighted by Gasteiger charge is 2.11. The molecule has 0 atom stereocenters. The van der Waals surface area contributed by atoms with Gasteiger partial charge in [-0.2, -0.15) is 0 Å². The Bertz CT molecular complexity index is 762. The van der Waals surface area contributed by atoms with Crippen LogP contribution in [0.2, 0.25) is 0 Å². The highest BCUT2D eigenvalue weighted by atomic mass is 15.1. The van der Waals surface area contributed by atoms with Crippen molar-refractivity contribution < 1.29 is 0 Å². The monoisotopic (exact) mass is 317 g/mol. The number of para-hydroxylation sites is 1. The molecule has 3 aromatic rings. The van der Waals surface area contributed by atoms with E-state index < -0.39 is 0 Å². The van der Waals surface area contributed by atoms with E-state index in [2.05, 4.69) is 60.5 Å². The van der Waals surface area contributed by atoms with E-state index in [0.29, 0.717) is 6.04 Å². The predicted molar refractivity (Wildman–Crippen MR) is 104 cm³/mol. The molecule has 122 valence electrons. The summed E-state index contributed by atoms with van der Waals surface area (Å²) in [5, 5.41) is 3.42. The Morgan fingerprint density at radius 2 is 1.21 bits per heavy atom. The van der Waals surface area contributed by atoms with Gasteiger partial charge in [-0.05, 0) is 74.5 Å². The van der Waals surface area contributed by atoms with Crippen LogP contribution in [0.15, 0.2) is 78.9 Å². The summed E-state index contributed by atoms with van der Waals surface area (Å²) < 4.78 is 0. The van der Waals surface area contributed by atoms with E-state index in [1.54, 1.807) is 0 Å². The molecule has 3 N–H and O–H groups in total. The zero-order valence-corrected chi connectivity index (χ0v) is 14.1. The third kappa shape index (κ3) is 3.69. The molecule has 3 rings (SSSR count). The van der Waals surface area contributed by atoms with Crippen molar-refractivity contribution in [3.8, 4) is 0 Å². The van der Waals surface area contributed by atoms with Crippen LogP contribution < -0.4 is 16.0 Å². The van der Waals surface area contributed by atoms with Crippen LogP contribution >= 0.6 is 0 Å². The molecule has 0 heterocycles. The van der Waals surface area contributed by atoms with Crippen molar-refractivity contribution in [3.63, 3.8) is 0 Å². The van der Waals surface area contributed by atoms with Gasteiger partial charge in [0.2, 0.25) is 0 Å². The maximum absolute atomic E-state index is 5.84. The fourth-order valence-corrected chi connectivity index (χ4v) is 2.69. The Kier molecular flexibility index (Phi) is 4.71. The average molecular weight is 317 g/mol. The van der Waals surface area contributed by atoms with Gasteiger partial charge < -0.3 is 16.0 Å². The van der Waals surface area contributed by atoms with Gasteiger partial charge in [0.1, 0.15) is 0 Å². The number of nitrogen functional groups attached to an aromatic ring is 1. The third-order valence-electron chi connectivity index (χ3n) is 3.75. The van der Waals surface area contributed by atoms with Crippen LogP contribution in [0.4, 0.5) is 28.4 Å². The summed E-state index contributed by atoms with van der Waals surface area (Å²) in [5.41, 5.74) is 11.0. The second-order valence-electron chi connectivity index (χ2n) is 6.11. The van der Waals surface area contributed by atoms with Crippen LogP contribution in [0.1, 0.15) is 13.8 Å². The van der Waals surface area contributed by atoms with Crippen molar-refractivity contribution in [1.82, 2.24) is 0 Å². The molecule has 0 aliphatic rings. The molecule has 0 aliphatic heterocycles. The maximum atomic E-state index is 5.84. The molecule has 0 aliphatic carbocycles. The summed E-state index contributed by atoms with van der Waals surface area (Å²) in [6.07, 6.45) is 0. The Hall–Kier alpha value is -2.94. The van der Waals surface area contributed by atoms with Gasteiger partial charge in [0.25, 0.3) is 0 Å². The minimum atomic E-state index is 0.415. The molecular weight excluding hydrogens is 294 g/mol. The molecule has 0 fully saturated rings. The molecular formula is C21H23N3. The highest BCUT2D eigenvalue weighted by molar-refractivity contribution is 5.77. The number of nitrogens with two attached hydrogens (primary N) is 1. The summed E-state index contributed by atoms with van der Waals surface area (Å²) >= 11 is 0. The number of benzene rings is 3. The Balaban J connectivity index is 2.00. The summed E-state index contributed by atoms with van der Waals surface area (Å²) in [7, 11) is 0. The van der Waals surface area contributed by atoms with Gasteiger partial charge in [0.05, 0.1) is 0 Å². The lowest BCUT2D eigenvalue weighted by molar-refractivity contribution is 0.900. The van der Waals surface area contributed by atoms with Crippen molar-refractivity contribution in [3.05, 3.63) is 78.9 Å². The first-order chi connectivity index (χ1) is 11.6. The number of hydrogen-bond donors (Lipinski definition) is 2. The molecule has 0 unspecified atom stereocenters. The largest absolute Gasteiger partial charge is 0.399 e. The molecule has 3 nitrogen and oxygen atoms in total. The molecule has 24 heavy (non-hydrogen) atoms. The highest BCUT2D eigenvalue weighted by Crippen LogP contribution is 2.35. The molecule has 3 aromatic carbocycles. The van der Waals surface area contributed by atoms with E-state index in [1.165, 1.54) is 0 Å². The quantitative estimate of drug-likeness (QED) is 0.605. The first-order valence-electron chi connectivity index (χ1n) is 8.21. The summed E-state index contributed by atoms with van der Waals surface area (Å²) in [5.74, 6) is 0. The zero-order valence-electron chi connectivity index (χ0n) is 14.1. The maximum Gasteiger partial charge on any atom is 0.0463 e. The van der Waals surface area contributed by atoms with Gasteiger partial charge in [0.15, 0.2) is 0 Å². The molecule has 0 bridgehead atoms. The normalized spacial score (nSPS) is 10.6. The van der Waals surface area contributed by atoms with Gasteiger partial charge in [-0.3, -0.25) is 0 Å². The van der Waals surface area contributed by atoms with Crippen molar-refractivity contribution in [2.24, 2.45) is 0 Å². The van der Waals surface area contributed by atoms with Gasteiger partial charge in [-0.25, -0.2) is 0 Å². The Morgan fingerprint density at radius 3 is 1.75 bits per heavy atom. The van der Waals surface area contributed by atoms with Crippen LogP contribution in [0.25, 0.3) is 0 Å². The summed E-state index contributed by atoms with van der Waals surface area (Å²) in [6.45, 7) is 4.27. The van der Waals surface area contributed by atoms with Crippen molar-refractivity contribution in [2.75, 3.05) is 16.0 Å². The van der Waals surface area contributed by atoms with Crippen LogP contribution in [-0.4, -0.2) is 6.04 Å². The first-order valence-corrected chi connectivity index (χ1v) is 8.21. The smallest absolute Gasteiger partial charge is 0.0463 e. The van der Waals surface area contributed by atoms with Gasteiger partial charge >= 0.3 is 0 Å². The van der Waals surface area contributed by atoms with Crippen molar-refractivity contribution in [1.29, 1.82) is 0 Å². The van der Waals surface area contributed by atoms with Crippen molar-refractivity contribution >= 4 is 28.4 Å². The number of anilines is 5. The molecule has 0 spiro atoms. The number of nitrogens with zero attached hydrogens (tertiary/aromatic N) is 1. The van der Waals surface area contributed by atoms with E-state index in [1.807, 2.05) is 42.5 Å².